The molecule has 1 aromatic heterocycles. The van der Waals surface area contributed by atoms with Crippen molar-refractivity contribution in [1.29, 1.82) is 0 Å². The van der Waals surface area contributed by atoms with Gasteiger partial charge in [-0.1, -0.05) is 18.2 Å². The molecule has 0 amide bonds. The predicted octanol–water partition coefficient (Wildman–Crippen LogP) is 4.13. The number of hydrogen-bond acceptors (Lipinski definition) is 5. The van der Waals surface area contributed by atoms with Crippen molar-refractivity contribution >= 4 is 15.9 Å². The van der Waals surface area contributed by atoms with Crippen molar-refractivity contribution < 1.29 is 26.3 Å². The van der Waals surface area contributed by atoms with Gasteiger partial charge in [-0.15, -0.1) is 4.40 Å². The first-order valence-corrected chi connectivity index (χ1v) is 11.7. The molecule has 10 heteroatoms. The SMILES string of the molecule is O=S1(=O)CCN2C(=N1)C1(c3ccc(Oc4cccc(C(F)(F)F)n4)cc3)CCC2CC1. The van der Waals surface area contributed by atoms with Gasteiger partial charge in [-0.2, -0.15) is 13.2 Å². The quantitative estimate of drug-likeness (QED) is 0.702. The molecule has 0 N–H and O–H groups in total. The van der Waals surface area contributed by atoms with E-state index in [0.29, 0.717) is 24.2 Å². The van der Waals surface area contributed by atoms with E-state index in [9.17, 15) is 21.6 Å². The van der Waals surface area contributed by atoms with Crippen LogP contribution in [-0.4, -0.2) is 42.5 Å². The summed E-state index contributed by atoms with van der Waals surface area (Å²) in [6.45, 7) is 0.468. The number of rotatable bonds is 3. The van der Waals surface area contributed by atoms with Crippen molar-refractivity contribution in [2.75, 3.05) is 12.3 Å². The number of halogens is 3. The Hall–Kier alpha value is -2.62. The van der Waals surface area contributed by atoms with Crippen LogP contribution < -0.4 is 4.74 Å². The molecule has 2 bridgehead atoms. The molecule has 1 saturated carbocycles. The number of ether oxygens (including phenoxy) is 1. The molecule has 3 aliphatic heterocycles. The maximum Gasteiger partial charge on any atom is 0.433 e. The van der Waals surface area contributed by atoms with E-state index in [1.807, 2.05) is 12.1 Å². The second-order valence-corrected chi connectivity index (χ2v) is 9.95. The van der Waals surface area contributed by atoms with Gasteiger partial charge in [-0.25, -0.2) is 13.4 Å². The minimum absolute atomic E-state index is 0.0415. The molecule has 6 nitrogen and oxygen atoms in total. The van der Waals surface area contributed by atoms with E-state index in [-0.39, 0.29) is 11.6 Å². The minimum atomic E-state index is -4.55. The first kappa shape index (κ1) is 20.3. The molecule has 0 unspecified atom stereocenters. The van der Waals surface area contributed by atoms with Crippen LogP contribution in [0.25, 0.3) is 0 Å². The summed E-state index contributed by atoms with van der Waals surface area (Å²) >= 11 is 0. The Kier molecular flexibility index (Phi) is 4.55. The highest BCUT2D eigenvalue weighted by Gasteiger charge is 2.52. The number of fused-ring (bicyclic) bond motifs is 2. The van der Waals surface area contributed by atoms with Gasteiger partial charge in [-0.3, -0.25) is 0 Å². The van der Waals surface area contributed by atoms with Gasteiger partial charge in [0.1, 0.15) is 17.3 Å². The summed E-state index contributed by atoms with van der Waals surface area (Å²) in [6, 6.07) is 10.9. The first-order chi connectivity index (χ1) is 14.7. The third kappa shape index (κ3) is 3.56. The van der Waals surface area contributed by atoms with Crippen LogP contribution in [0.3, 0.4) is 0 Å². The van der Waals surface area contributed by atoms with Crippen LogP contribution in [-0.2, 0) is 21.6 Å². The average molecular weight is 451 g/mol. The second-order valence-electron chi connectivity index (χ2n) is 8.19. The molecule has 6 rings (SSSR count). The van der Waals surface area contributed by atoms with E-state index in [4.69, 9.17) is 4.74 Å². The summed E-state index contributed by atoms with van der Waals surface area (Å²) in [7, 11) is -3.47. The third-order valence-corrected chi connectivity index (χ3v) is 7.56. The highest BCUT2D eigenvalue weighted by atomic mass is 32.2. The topological polar surface area (TPSA) is 71.9 Å². The lowest BCUT2D eigenvalue weighted by Crippen LogP contribution is -2.62. The Balaban J connectivity index is 1.44. The summed E-state index contributed by atoms with van der Waals surface area (Å²) in [5, 5.41) is 0. The molecule has 0 spiro atoms. The Morgan fingerprint density at radius 1 is 1.06 bits per heavy atom. The van der Waals surface area contributed by atoms with Crippen molar-refractivity contribution in [2.24, 2.45) is 4.40 Å². The van der Waals surface area contributed by atoms with Gasteiger partial charge in [0, 0.05) is 18.7 Å². The number of pyridine rings is 1. The van der Waals surface area contributed by atoms with Crippen LogP contribution in [0.4, 0.5) is 13.2 Å². The molecule has 1 aromatic carbocycles. The summed E-state index contributed by atoms with van der Waals surface area (Å²) in [5.74, 6) is 0.883. The summed E-state index contributed by atoms with van der Waals surface area (Å²) in [5.41, 5.74) is -0.540. The molecule has 0 atom stereocenters. The van der Waals surface area contributed by atoms with Gasteiger partial charge in [0.25, 0.3) is 10.0 Å². The average Bonchev–Trinajstić information content (AvgIpc) is 2.74. The van der Waals surface area contributed by atoms with Gasteiger partial charge >= 0.3 is 6.18 Å². The largest absolute Gasteiger partial charge is 0.439 e. The van der Waals surface area contributed by atoms with Gasteiger partial charge in [0.15, 0.2) is 0 Å². The van der Waals surface area contributed by atoms with Crippen molar-refractivity contribution in [3.8, 4) is 11.6 Å². The molecule has 31 heavy (non-hydrogen) atoms. The first-order valence-electron chi connectivity index (χ1n) is 10.1. The zero-order valence-corrected chi connectivity index (χ0v) is 17.3. The number of aromatic nitrogens is 1. The zero-order chi connectivity index (χ0) is 21.9. The molecular weight excluding hydrogens is 431 g/mol. The van der Waals surface area contributed by atoms with Gasteiger partial charge in [0.2, 0.25) is 5.88 Å². The number of nitrogens with zero attached hydrogens (tertiary/aromatic N) is 3. The smallest absolute Gasteiger partial charge is 0.433 e. The fourth-order valence-corrected chi connectivity index (χ4v) is 5.97. The van der Waals surface area contributed by atoms with Gasteiger partial charge in [0.05, 0.1) is 11.2 Å². The minimum Gasteiger partial charge on any atom is -0.439 e. The third-order valence-electron chi connectivity index (χ3n) is 6.41. The fraction of sp³-hybridized carbons (Fsp3) is 0.429. The Morgan fingerprint density at radius 2 is 1.77 bits per heavy atom. The number of sulfonamides is 1. The Morgan fingerprint density at radius 3 is 2.45 bits per heavy atom. The Bertz CT molecular complexity index is 1140. The predicted molar refractivity (Wildman–Crippen MR) is 108 cm³/mol. The van der Waals surface area contributed by atoms with Gasteiger partial charge in [-0.05, 0) is 49.4 Å². The lowest BCUT2D eigenvalue weighted by molar-refractivity contribution is -0.141. The van der Waals surface area contributed by atoms with Crippen LogP contribution in [0.1, 0.15) is 36.9 Å². The number of amidine groups is 1. The van der Waals surface area contributed by atoms with Crippen molar-refractivity contribution in [2.45, 2.75) is 43.3 Å². The lowest BCUT2D eigenvalue weighted by atomic mass is 9.63. The molecule has 0 radical (unpaired) electrons. The number of alkyl halides is 3. The van der Waals surface area contributed by atoms with Crippen molar-refractivity contribution in [1.82, 2.24) is 9.88 Å². The van der Waals surface area contributed by atoms with Gasteiger partial charge < -0.3 is 9.64 Å². The number of hydrogen-bond donors (Lipinski definition) is 0. The highest BCUT2D eigenvalue weighted by Crippen LogP contribution is 2.49. The van der Waals surface area contributed by atoms with Crippen LogP contribution in [0.2, 0.25) is 0 Å². The normalized spacial score (nSPS) is 26.9. The summed E-state index contributed by atoms with van der Waals surface area (Å²) < 4.78 is 72.7. The molecule has 164 valence electrons. The number of piperidine rings is 2. The van der Waals surface area contributed by atoms with Crippen molar-refractivity contribution in [3.63, 3.8) is 0 Å². The highest BCUT2D eigenvalue weighted by molar-refractivity contribution is 7.90. The summed E-state index contributed by atoms with van der Waals surface area (Å²) in [6.07, 6.45) is -0.956. The Labute approximate surface area is 177 Å². The molecule has 4 aliphatic rings. The monoisotopic (exact) mass is 451 g/mol. The summed E-state index contributed by atoms with van der Waals surface area (Å²) in [4.78, 5) is 5.66. The van der Waals surface area contributed by atoms with E-state index in [0.717, 1.165) is 37.3 Å². The van der Waals surface area contributed by atoms with Crippen LogP contribution in [0.5, 0.6) is 11.6 Å². The molecule has 3 fully saturated rings. The maximum atomic E-state index is 12.9. The van der Waals surface area contributed by atoms with E-state index in [2.05, 4.69) is 14.3 Å². The van der Waals surface area contributed by atoms with Crippen LogP contribution in [0.15, 0.2) is 46.9 Å². The molecule has 2 aromatic rings. The van der Waals surface area contributed by atoms with Crippen LogP contribution >= 0.6 is 0 Å². The standard InChI is InChI=1S/C21H20F3N3O3S/c22-21(23,24)17-2-1-3-18(25-17)30-16-6-4-14(5-7-16)20-10-8-15(9-11-20)27-12-13-31(28,29)26-19(20)27/h1-7,15H,8-13H2. The van der Waals surface area contributed by atoms with E-state index in [1.165, 1.54) is 12.1 Å². The molecule has 2 saturated heterocycles. The van der Waals surface area contributed by atoms with E-state index in [1.54, 1.807) is 12.1 Å². The number of benzene rings is 1. The van der Waals surface area contributed by atoms with Crippen LogP contribution in [0, 0.1) is 0 Å². The van der Waals surface area contributed by atoms with Crippen molar-refractivity contribution in [3.05, 3.63) is 53.7 Å². The molecular formula is C21H20F3N3O3S. The zero-order valence-electron chi connectivity index (χ0n) is 16.5. The maximum absolute atomic E-state index is 12.9. The molecule has 1 aliphatic carbocycles. The van der Waals surface area contributed by atoms with E-state index < -0.39 is 27.3 Å². The second kappa shape index (κ2) is 6.94. The van der Waals surface area contributed by atoms with E-state index >= 15 is 0 Å². The fourth-order valence-electron chi connectivity index (χ4n) is 4.91. The molecule has 4 heterocycles. The lowest BCUT2D eigenvalue weighted by Gasteiger charge is -2.55.